The number of rotatable bonds is 4. The van der Waals surface area contributed by atoms with E-state index in [4.69, 9.17) is 4.74 Å². The summed E-state index contributed by atoms with van der Waals surface area (Å²) >= 11 is 3.42. The van der Waals surface area contributed by atoms with Crippen molar-refractivity contribution < 1.29 is 9.53 Å². The van der Waals surface area contributed by atoms with Gasteiger partial charge in [0.1, 0.15) is 5.75 Å². The Morgan fingerprint density at radius 3 is 2.29 bits per heavy atom. The number of aryl methyl sites for hydroxylation is 1. The molecule has 0 saturated carbocycles. The third kappa shape index (κ3) is 4.84. The van der Waals surface area contributed by atoms with Gasteiger partial charge in [0.2, 0.25) is 0 Å². The summed E-state index contributed by atoms with van der Waals surface area (Å²) in [7, 11) is 0. The second-order valence-corrected chi connectivity index (χ2v) is 7.90. The molecule has 0 radical (unpaired) electrons. The third-order valence-electron chi connectivity index (χ3n) is 3.85. The fraction of sp³-hybridized carbons (Fsp3) is 0.350. The van der Waals surface area contributed by atoms with Gasteiger partial charge in [-0.25, -0.2) is 0 Å². The number of nitrogens with one attached hydrogen (secondary N) is 1. The molecule has 1 amide bonds. The van der Waals surface area contributed by atoms with E-state index in [1.54, 1.807) is 6.92 Å². The third-order valence-corrected chi connectivity index (χ3v) is 4.34. The van der Waals surface area contributed by atoms with Crippen molar-refractivity contribution in [2.75, 3.05) is 5.32 Å². The van der Waals surface area contributed by atoms with Gasteiger partial charge in [-0.05, 0) is 60.7 Å². The van der Waals surface area contributed by atoms with Crippen LogP contribution in [0.4, 0.5) is 5.69 Å². The highest BCUT2D eigenvalue weighted by Gasteiger charge is 2.17. The van der Waals surface area contributed by atoms with Crippen molar-refractivity contribution in [3.63, 3.8) is 0 Å². The van der Waals surface area contributed by atoms with Crippen LogP contribution in [0.1, 0.15) is 38.8 Å². The minimum absolute atomic E-state index is 0.0978. The molecule has 3 nitrogen and oxygen atoms in total. The number of halogens is 1. The summed E-state index contributed by atoms with van der Waals surface area (Å²) in [6.07, 6.45) is -0.575. The van der Waals surface area contributed by atoms with Crippen LogP contribution in [0.2, 0.25) is 0 Å². The molecule has 4 heteroatoms. The lowest BCUT2D eigenvalue weighted by Crippen LogP contribution is -2.30. The molecule has 128 valence electrons. The van der Waals surface area contributed by atoms with Gasteiger partial charge in [0, 0.05) is 10.2 Å². The molecule has 0 saturated heterocycles. The molecular weight excluding hydrogens is 366 g/mol. The lowest BCUT2D eigenvalue weighted by atomic mass is 9.87. The first-order valence-electron chi connectivity index (χ1n) is 8.01. The van der Waals surface area contributed by atoms with E-state index in [0.717, 1.165) is 15.7 Å². The molecule has 0 aliphatic heterocycles. The maximum Gasteiger partial charge on any atom is 0.265 e. The zero-order valence-electron chi connectivity index (χ0n) is 14.8. The van der Waals surface area contributed by atoms with Crippen LogP contribution in [0.3, 0.4) is 0 Å². The van der Waals surface area contributed by atoms with E-state index in [2.05, 4.69) is 42.0 Å². The monoisotopic (exact) mass is 389 g/mol. The lowest BCUT2D eigenvalue weighted by molar-refractivity contribution is -0.122. The molecule has 2 aromatic carbocycles. The molecule has 0 aromatic heterocycles. The zero-order valence-corrected chi connectivity index (χ0v) is 16.4. The molecule has 1 atom stereocenters. The quantitative estimate of drug-likeness (QED) is 0.753. The Balaban J connectivity index is 2.01. The summed E-state index contributed by atoms with van der Waals surface area (Å²) < 4.78 is 6.75. The first-order chi connectivity index (χ1) is 11.2. The van der Waals surface area contributed by atoms with E-state index in [1.165, 1.54) is 5.56 Å². The topological polar surface area (TPSA) is 38.3 Å². The van der Waals surface area contributed by atoms with Crippen molar-refractivity contribution in [2.24, 2.45) is 0 Å². The summed E-state index contributed by atoms with van der Waals surface area (Å²) in [6, 6.07) is 13.6. The van der Waals surface area contributed by atoms with Crippen LogP contribution >= 0.6 is 15.9 Å². The number of hydrogen-bond donors (Lipinski definition) is 1. The molecule has 2 aromatic rings. The first-order valence-corrected chi connectivity index (χ1v) is 8.80. The van der Waals surface area contributed by atoms with Crippen LogP contribution in [0, 0.1) is 6.92 Å². The molecule has 0 bridgehead atoms. The van der Waals surface area contributed by atoms with E-state index in [1.807, 2.05) is 49.4 Å². The molecule has 0 spiro atoms. The van der Waals surface area contributed by atoms with Crippen LogP contribution in [-0.2, 0) is 10.2 Å². The first kappa shape index (κ1) is 18.5. The average molecular weight is 390 g/mol. The Hall–Kier alpha value is -1.81. The van der Waals surface area contributed by atoms with Crippen molar-refractivity contribution in [1.82, 2.24) is 0 Å². The smallest absolute Gasteiger partial charge is 0.265 e. The van der Waals surface area contributed by atoms with Gasteiger partial charge in [-0.15, -0.1) is 0 Å². The number of ether oxygens (including phenoxy) is 1. The summed E-state index contributed by atoms with van der Waals surface area (Å²) in [5, 5.41) is 2.91. The summed E-state index contributed by atoms with van der Waals surface area (Å²) in [5.74, 6) is 0.526. The van der Waals surface area contributed by atoms with Crippen LogP contribution in [0.25, 0.3) is 0 Å². The molecule has 0 fully saturated rings. The number of carbonyl (C=O) groups excluding carboxylic acids is 1. The predicted molar refractivity (Wildman–Crippen MR) is 103 cm³/mol. The highest BCUT2D eigenvalue weighted by atomic mass is 79.9. The standard InChI is InChI=1S/C20H24BrNO2/c1-13-12-16(21)8-11-18(13)22-19(23)14(2)24-17-9-6-15(7-10-17)20(3,4)5/h6-12,14H,1-5H3,(H,22,23). The van der Waals surface area contributed by atoms with Gasteiger partial charge in [-0.1, -0.05) is 48.8 Å². The average Bonchev–Trinajstić information content (AvgIpc) is 2.49. The van der Waals surface area contributed by atoms with Crippen LogP contribution < -0.4 is 10.1 Å². The molecule has 1 unspecified atom stereocenters. The second kappa shape index (κ2) is 7.39. The number of anilines is 1. The Labute approximate surface area is 152 Å². The largest absolute Gasteiger partial charge is 0.481 e. The van der Waals surface area contributed by atoms with Crippen molar-refractivity contribution >= 4 is 27.5 Å². The van der Waals surface area contributed by atoms with Gasteiger partial charge < -0.3 is 10.1 Å². The van der Waals surface area contributed by atoms with Crippen molar-refractivity contribution in [3.8, 4) is 5.75 Å². The van der Waals surface area contributed by atoms with Crippen molar-refractivity contribution in [2.45, 2.75) is 46.1 Å². The Morgan fingerprint density at radius 1 is 1.12 bits per heavy atom. The van der Waals surface area contributed by atoms with Gasteiger partial charge in [0.25, 0.3) is 5.91 Å². The summed E-state index contributed by atoms with van der Waals surface area (Å²) in [4.78, 5) is 12.3. The fourth-order valence-corrected chi connectivity index (χ4v) is 2.77. The van der Waals surface area contributed by atoms with Crippen molar-refractivity contribution in [1.29, 1.82) is 0 Å². The molecule has 0 aliphatic rings. The minimum Gasteiger partial charge on any atom is -0.481 e. The zero-order chi connectivity index (χ0) is 17.9. The Kier molecular flexibility index (Phi) is 5.70. The normalized spacial score (nSPS) is 12.6. The predicted octanol–water partition coefficient (Wildman–Crippen LogP) is 5.46. The molecule has 1 N–H and O–H groups in total. The molecule has 0 aliphatic carbocycles. The van der Waals surface area contributed by atoms with E-state index in [-0.39, 0.29) is 11.3 Å². The SMILES string of the molecule is Cc1cc(Br)ccc1NC(=O)C(C)Oc1ccc(C(C)(C)C)cc1. The maximum absolute atomic E-state index is 12.3. The number of benzene rings is 2. The van der Waals surface area contributed by atoms with Gasteiger partial charge in [0.05, 0.1) is 0 Å². The molecule has 24 heavy (non-hydrogen) atoms. The van der Waals surface area contributed by atoms with Crippen LogP contribution in [0.15, 0.2) is 46.9 Å². The van der Waals surface area contributed by atoms with E-state index in [0.29, 0.717) is 5.75 Å². The Morgan fingerprint density at radius 2 is 1.75 bits per heavy atom. The van der Waals surface area contributed by atoms with E-state index in [9.17, 15) is 4.79 Å². The Bertz CT molecular complexity index is 717. The van der Waals surface area contributed by atoms with Crippen LogP contribution in [-0.4, -0.2) is 12.0 Å². The fourth-order valence-electron chi connectivity index (χ4n) is 2.29. The maximum atomic E-state index is 12.3. The second-order valence-electron chi connectivity index (χ2n) is 6.98. The van der Waals surface area contributed by atoms with E-state index < -0.39 is 6.10 Å². The number of hydrogen-bond acceptors (Lipinski definition) is 2. The van der Waals surface area contributed by atoms with Crippen LogP contribution in [0.5, 0.6) is 5.75 Å². The summed E-state index contributed by atoms with van der Waals surface area (Å²) in [5.41, 5.74) is 3.12. The number of carbonyl (C=O) groups is 1. The lowest BCUT2D eigenvalue weighted by Gasteiger charge is -2.20. The number of amides is 1. The van der Waals surface area contributed by atoms with Gasteiger partial charge >= 0.3 is 0 Å². The minimum atomic E-state index is -0.575. The molecule has 0 heterocycles. The molecule has 2 rings (SSSR count). The summed E-state index contributed by atoms with van der Waals surface area (Å²) in [6.45, 7) is 10.2. The molecular formula is C20H24BrNO2. The highest BCUT2D eigenvalue weighted by Crippen LogP contribution is 2.25. The highest BCUT2D eigenvalue weighted by molar-refractivity contribution is 9.10. The van der Waals surface area contributed by atoms with Gasteiger partial charge in [-0.2, -0.15) is 0 Å². The van der Waals surface area contributed by atoms with E-state index >= 15 is 0 Å². The van der Waals surface area contributed by atoms with Gasteiger partial charge in [0.15, 0.2) is 6.10 Å². The van der Waals surface area contributed by atoms with Crippen molar-refractivity contribution in [3.05, 3.63) is 58.1 Å². The van der Waals surface area contributed by atoms with Gasteiger partial charge in [-0.3, -0.25) is 4.79 Å².